The highest BCUT2D eigenvalue weighted by atomic mass is 16.6. The molecule has 2 aliphatic heterocycles. The number of ether oxygens (including phenoxy) is 1. The number of hydrogen-bond donors (Lipinski definition) is 3. The van der Waals surface area contributed by atoms with Gasteiger partial charge in [-0.3, -0.25) is 0 Å². The summed E-state index contributed by atoms with van der Waals surface area (Å²) in [6, 6.07) is 0.0309. The molecule has 2 aliphatic rings. The Morgan fingerprint density at radius 1 is 1.58 bits per heavy atom. The van der Waals surface area contributed by atoms with Crippen LogP contribution in [0.4, 0.5) is 4.79 Å². The highest BCUT2D eigenvalue weighted by Gasteiger charge is 2.41. The molecule has 0 aliphatic carbocycles. The minimum atomic E-state index is -0.368. The highest BCUT2D eigenvalue weighted by molar-refractivity contribution is 5.70. The smallest absolute Gasteiger partial charge is 0.407 e. The fourth-order valence-electron chi connectivity index (χ4n) is 1.77. The molecule has 2 fully saturated rings. The van der Waals surface area contributed by atoms with Crippen LogP contribution in [0.15, 0.2) is 0 Å². The molecule has 5 heteroatoms. The molecule has 5 nitrogen and oxygen atoms in total. The number of hydrogen-bond acceptors (Lipinski definition) is 4. The first-order chi connectivity index (χ1) is 5.81. The van der Waals surface area contributed by atoms with Crippen molar-refractivity contribution in [3.05, 3.63) is 0 Å². The van der Waals surface area contributed by atoms with Gasteiger partial charge in [0, 0.05) is 19.0 Å². The molecule has 0 unspecified atom stereocenters. The van der Waals surface area contributed by atoms with Crippen molar-refractivity contribution in [2.45, 2.75) is 12.1 Å². The van der Waals surface area contributed by atoms with Gasteiger partial charge < -0.3 is 20.5 Å². The first kappa shape index (κ1) is 7.82. The van der Waals surface area contributed by atoms with Crippen molar-refractivity contribution in [2.75, 3.05) is 19.7 Å². The average molecular weight is 172 g/mol. The van der Waals surface area contributed by atoms with Crippen LogP contribution in [0.2, 0.25) is 0 Å². The second kappa shape index (κ2) is 2.91. The Morgan fingerprint density at radius 2 is 2.42 bits per heavy atom. The van der Waals surface area contributed by atoms with Crippen LogP contribution in [0.5, 0.6) is 0 Å². The van der Waals surface area contributed by atoms with Gasteiger partial charge in [0.15, 0.2) is 0 Å². The number of fused-ring (bicyclic) bond motifs is 1. The van der Waals surface area contributed by atoms with Crippen molar-refractivity contribution in [3.63, 3.8) is 0 Å². The Balaban J connectivity index is 2.07. The van der Waals surface area contributed by atoms with Crippen LogP contribution in [0, 0.1) is 5.92 Å². The van der Waals surface area contributed by atoms with Crippen molar-refractivity contribution in [2.24, 2.45) is 5.92 Å². The standard InChI is InChI=1S/C7H12N2O3/c10-3-4-1-8-2-5-6(4)12-7(11)9-5/h4-6,8,10H,1-3H2,(H,9,11)/t4-,5+,6-/m1/s1. The monoisotopic (exact) mass is 172 g/mol. The van der Waals surface area contributed by atoms with Gasteiger partial charge in [0.2, 0.25) is 0 Å². The molecule has 0 aromatic heterocycles. The van der Waals surface area contributed by atoms with E-state index in [1.54, 1.807) is 0 Å². The minimum absolute atomic E-state index is 0.0303. The molecule has 2 saturated heterocycles. The number of amides is 1. The molecule has 68 valence electrons. The van der Waals surface area contributed by atoms with Crippen molar-refractivity contribution >= 4 is 6.09 Å². The Hall–Kier alpha value is -0.810. The van der Waals surface area contributed by atoms with Crippen LogP contribution in [0.25, 0.3) is 0 Å². The van der Waals surface area contributed by atoms with Gasteiger partial charge in [-0.1, -0.05) is 0 Å². The van der Waals surface area contributed by atoms with Gasteiger partial charge in [-0.25, -0.2) is 4.79 Å². The molecule has 0 bridgehead atoms. The van der Waals surface area contributed by atoms with Crippen molar-refractivity contribution in [1.82, 2.24) is 10.6 Å². The summed E-state index contributed by atoms with van der Waals surface area (Å²) < 4.78 is 5.02. The molecule has 12 heavy (non-hydrogen) atoms. The van der Waals surface area contributed by atoms with Crippen LogP contribution in [-0.4, -0.2) is 43.0 Å². The molecule has 0 radical (unpaired) electrons. The fraction of sp³-hybridized carbons (Fsp3) is 0.857. The van der Waals surface area contributed by atoms with E-state index >= 15 is 0 Å². The maximum atomic E-state index is 10.8. The van der Waals surface area contributed by atoms with E-state index in [0.717, 1.165) is 6.54 Å². The van der Waals surface area contributed by atoms with Gasteiger partial charge in [0.1, 0.15) is 6.10 Å². The number of aliphatic hydroxyl groups is 1. The number of nitrogens with one attached hydrogen (secondary N) is 2. The predicted molar refractivity (Wildman–Crippen MR) is 40.6 cm³/mol. The Kier molecular flexibility index (Phi) is 1.90. The van der Waals surface area contributed by atoms with Crippen LogP contribution < -0.4 is 10.6 Å². The second-order valence-electron chi connectivity index (χ2n) is 3.22. The molecule has 2 rings (SSSR count). The largest absolute Gasteiger partial charge is 0.444 e. The third-order valence-corrected chi connectivity index (χ3v) is 2.41. The zero-order valence-corrected chi connectivity index (χ0v) is 6.62. The zero-order chi connectivity index (χ0) is 8.55. The zero-order valence-electron chi connectivity index (χ0n) is 6.62. The summed E-state index contributed by atoms with van der Waals surface area (Å²) in [5, 5.41) is 14.8. The van der Waals surface area contributed by atoms with Gasteiger partial charge in [-0.2, -0.15) is 0 Å². The Bertz CT molecular complexity index is 197. The lowest BCUT2D eigenvalue weighted by atomic mass is 9.94. The van der Waals surface area contributed by atoms with E-state index < -0.39 is 0 Å². The molecule has 0 aromatic rings. The Morgan fingerprint density at radius 3 is 3.17 bits per heavy atom. The summed E-state index contributed by atoms with van der Waals surface area (Å²) in [6.07, 6.45) is -0.518. The van der Waals surface area contributed by atoms with Crippen molar-refractivity contribution in [3.8, 4) is 0 Å². The molecular weight excluding hydrogens is 160 g/mol. The highest BCUT2D eigenvalue weighted by Crippen LogP contribution is 2.19. The lowest BCUT2D eigenvalue weighted by molar-refractivity contribution is 0.0468. The number of carbonyl (C=O) groups excluding carboxylic acids is 1. The van der Waals surface area contributed by atoms with Gasteiger partial charge in [0.05, 0.1) is 12.6 Å². The van der Waals surface area contributed by atoms with E-state index in [-0.39, 0.29) is 30.8 Å². The van der Waals surface area contributed by atoms with E-state index in [4.69, 9.17) is 9.84 Å². The topological polar surface area (TPSA) is 70.6 Å². The number of alkyl carbamates (subject to hydrolysis) is 1. The summed E-state index contributed by atoms with van der Waals surface area (Å²) in [5.41, 5.74) is 0. The molecule has 0 aromatic carbocycles. The summed E-state index contributed by atoms with van der Waals surface area (Å²) in [5.74, 6) is 0.0303. The van der Waals surface area contributed by atoms with Gasteiger partial charge in [-0.15, -0.1) is 0 Å². The molecule has 3 atom stereocenters. The number of rotatable bonds is 1. The molecule has 0 saturated carbocycles. The quantitative estimate of drug-likeness (QED) is 0.458. The number of piperidine rings is 1. The lowest BCUT2D eigenvalue weighted by Gasteiger charge is -2.30. The van der Waals surface area contributed by atoms with E-state index in [0.29, 0.717) is 6.54 Å². The molecule has 0 spiro atoms. The van der Waals surface area contributed by atoms with Gasteiger partial charge >= 0.3 is 6.09 Å². The molecule has 3 N–H and O–H groups in total. The van der Waals surface area contributed by atoms with Gasteiger partial charge in [0.25, 0.3) is 0 Å². The SMILES string of the molecule is O=C1N[C@H]2CNC[C@H](CO)[C@H]2O1. The van der Waals surface area contributed by atoms with Gasteiger partial charge in [-0.05, 0) is 0 Å². The normalized spacial score (nSPS) is 40.1. The average Bonchev–Trinajstić information content (AvgIpc) is 2.44. The summed E-state index contributed by atoms with van der Waals surface area (Å²) in [4.78, 5) is 10.8. The Labute approximate surface area is 70.1 Å². The minimum Gasteiger partial charge on any atom is -0.444 e. The van der Waals surface area contributed by atoms with E-state index in [1.165, 1.54) is 0 Å². The van der Waals surface area contributed by atoms with Crippen LogP contribution in [0.1, 0.15) is 0 Å². The summed E-state index contributed by atoms with van der Waals surface area (Å²) in [6.45, 7) is 1.50. The third-order valence-electron chi connectivity index (χ3n) is 2.41. The maximum Gasteiger partial charge on any atom is 0.407 e. The number of carbonyl (C=O) groups is 1. The second-order valence-corrected chi connectivity index (χ2v) is 3.22. The van der Waals surface area contributed by atoms with E-state index in [1.807, 2.05) is 0 Å². The van der Waals surface area contributed by atoms with Crippen LogP contribution >= 0.6 is 0 Å². The van der Waals surface area contributed by atoms with E-state index in [9.17, 15) is 4.79 Å². The van der Waals surface area contributed by atoms with E-state index in [2.05, 4.69) is 10.6 Å². The molecule has 2 heterocycles. The first-order valence-corrected chi connectivity index (χ1v) is 4.10. The lowest BCUT2D eigenvalue weighted by Crippen LogP contribution is -2.53. The third kappa shape index (κ3) is 1.15. The fourth-order valence-corrected chi connectivity index (χ4v) is 1.77. The maximum absolute atomic E-state index is 10.8. The first-order valence-electron chi connectivity index (χ1n) is 4.10. The summed E-state index contributed by atoms with van der Waals surface area (Å²) >= 11 is 0. The summed E-state index contributed by atoms with van der Waals surface area (Å²) in [7, 11) is 0. The number of aliphatic hydroxyl groups excluding tert-OH is 1. The van der Waals surface area contributed by atoms with Crippen molar-refractivity contribution < 1.29 is 14.6 Å². The molecule has 1 amide bonds. The molecular formula is C7H12N2O3. The predicted octanol–water partition coefficient (Wildman–Crippen LogP) is -1.32. The van der Waals surface area contributed by atoms with Crippen molar-refractivity contribution in [1.29, 1.82) is 0 Å². The van der Waals surface area contributed by atoms with Crippen LogP contribution in [0.3, 0.4) is 0 Å². The van der Waals surface area contributed by atoms with Crippen LogP contribution in [-0.2, 0) is 4.74 Å².